The van der Waals surface area contributed by atoms with Gasteiger partial charge in [-0.15, -0.1) is 0 Å². The van der Waals surface area contributed by atoms with Crippen LogP contribution in [-0.4, -0.2) is 28.1 Å². The van der Waals surface area contributed by atoms with Gasteiger partial charge in [-0.25, -0.2) is 4.79 Å². The predicted octanol–water partition coefficient (Wildman–Crippen LogP) is 0.422. The summed E-state index contributed by atoms with van der Waals surface area (Å²) in [5.74, 6) is 0.0714. The van der Waals surface area contributed by atoms with Crippen LogP contribution in [0.2, 0.25) is 0 Å². The highest BCUT2D eigenvalue weighted by molar-refractivity contribution is 5.93. The highest BCUT2D eigenvalue weighted by atomic mass is 16.5. The summed E-state index contributed by atoms with van der Waals surface area (Å²) in [5, 5.41) is 0. The van der Waals surface area contributed by atoms with Crippen molar-refractivity contribution in [3.05, 3.63) is 32.6 Å². The molecule has 1 aromatic heterocycles. The van der Waals surface area contributed by atoms with E-state index in [1.165, 1.54) is 24.7 Å². The van der Waals surface area contributed by atoms with Crippen molar-refractivity contribution in [2.45, 2.75) is 27.3 Å². The van der Waals surface area contributed by atoms with Crippen LogP contribution in [-0.2, 0) is 18.3 Å². The number of Topliss-reactive ketones (excluding diaryl/α,β-unsaturated/α-hetero) is 1. The molecule has 1 rings (SSSR count). The van der Waals surface area contributed by atoms with Crippen LogP contribution in [0.3, 0.4) is 0 Å². The Balaban J connectivity index is 2.93. The second kappa shape index (κ2) is 6.47. The molecule has 0 unspecified atom stereocenters. The minimum atomic E-state index is -0.558. The van der Waals surface area contributed by atoms with Crippen molar-refractivity contribution < 1.29 is 9.53 Å². The van der Waals surface area contributed by atoms with E-state index in [0.29, 0.717) is 25.7 Å². The summed E-state index contributed by atoms with van der Waals surface area (Å²) in [6.07, 6.45) is 1.31. The summed E-state index contributed by atoms with van der Waals surface area (Å²) in [5.41, 5.74) is -0.981. The predicted molar refractivity (Wildman–Crippen MR) is 71.6 cm³/mol. The molecule has 0 aliphatic rings. The van der Waals surface area contributed by atoms with E-state index < -0.39 is 11.2 Å². The summed E-state index contributed by atoms with van der Waals surface area (Å²) in [6, 6.07) is 0. The Morgan fingerprint density at radius 2 is 2.00 bits per heavy atom. The highest BCUT2D eigenvalue weighted by Gasteiger charge is 2.11. The Kier molecular flexibility index (Phi) is 5.23. The van der Waals surface area contributed by atoms with Crippen molar-refractivity contribution >= 4 is 5.78 Å². The van der Waals surface area contributed by atoms with Crippen LogP contribution >= 0.6 is 0 Å². The molecule has 0 radical (unpaired) electrons. The number of nitrogens with zero attached hydrogens (tertiary/aromatic N) is 2. The number of rotatable bonds is 6. The van der Waals surface area contributed by atoms with Crippen LogP contribution < -0.4 is 11.2 Å². The van der Waals surface area contributed by atoms with Crippen molar-refractivity contribution in [3.63, 3.8) is 0 Å². The molecule has 0 aliphatic carbocycles. The number of carbonyl (C=O) groups is 1. The molecule has 0 bridgehead atoms. The van der Waals surface area contributed by atoms with Crippen LogP contribution in [0.25, 0.3) is 0 Å². The number of ether oxygens (including phenoxy) is 1. The molecular formula is C13H20N2O4. The van der Waals surface area contributed by atoms with Gasteiger partial charge in [-0.05, 0) is 12.8 Å². The molecular weight excluding hydrogens is 248 g/mol. The van der Waals surface area contributed by atoms with Gasteiger partial charge >= 0.3 is 5.69 Å². The Bertz CT molecular complexity index is 569. The summed E-state index contributed by atoms with van der Waals surface area (Å²) >= 11 is 0. The zero-order chi connectivity index (χ0) is 14.6. The number of ketones is 1. The molecule has 0 atom stereocenters. The van der Waals surface area contributed by atoms with Crippen LogP contribution in [0.15, 0.2) is 15.8 Å². The van der Waals surface area contributed by atoms with Gasteiger partial charge in [-0.1, -0.05) is 13.8 Å². The lowest BCUT2D eigenvalue weighted by Crippen LogP contribution is -2.40. The van der Waals surface area contributed by atoms with E-state index in [1.54, 1.807) is 0 Å². The molecule has 19 heavy (non-hydrogen) atoms. The molecule has 0 aromatic carbocycles. The molecule has 6 nitrogen and oxygen atoms in total. The van der Waals surface area contributed by atoms with Crippen LogP contribution in [0.4, 0.5) is 0 Å². The molecule has 0 saturated carbocycles. The average Bonchev–Trinajstić information content (AvgIpc) is 2.33. The molecule has 0 saturated heterocycles. The van der Waals surface area contributed by atoms with Crippen molar-refractivity contribution in [1.82, 2.24) is 9.13 Å². The van der Waals surface area contributed by atoms with Crippen LogP contribution in [0.5, 0.6) is 0 Å². The molecule has 0 fully saturated rings. The third-order valence-corrected chi connectivity index (χ3v) is 2.66. The summed E-state index contributed by atoms with van der Waals surface area (Å²) in [4.78, 5) is 34.9. The molecule has 1 heterocycles. The lowest BCUT2D eigenvalue weighted by Gasteiger charge is -2.10. The second-order valence-electron chi connectivity index (χ2n) is 4.91. The first-order chi connectivity index (χ1) is 8.84. The maximum atomic E-state index is 11.9. The zero-order valence-corrected chi connectivity index (χ0v) is 11.8. The third kappa shape index (κ3) is 3.89. The van der Waals surface area contributed by atoms with E-state index in [9.17, 15) is 14.4 Å². The smallest absolute Gasteiger partial charge is 0.330 e. The number of aromatic nitrogens is 2. The van der Waals surface area contributed by atoms with E-state index in [-0.39, 0.29) is 11.3 Å². The van der Waals surface area contributed by atoms with Crippen molar-refractivity contribution in [2.24, 2.45) is 13.0 Å². The Morgan fingerprint density at radius 1 is 1.37 bits per heavy atom. The fraction of sp³-hybridized carbons (Fsp3) is 0.615. The number of hydrogen-bond acceptors (Lipinski definition) is 4. The maximum Gasteiger partial charge on any atom is 0.330 e. The van der Waals surface area contributed by atoms with Gasteiger partial charge in [0.05, 0.1) is 18.7 Å². The largest absolute Gasteiger partial charge is 0.379 e. The van der Waals surface area contributed by atoms with Gasteiger partial charge in [0.25, 0.3) is 5.56 Å². The number of hydrogen-bond donors (Lipinski definition) is 0. The van der Waals surface area contributed by atoms with Gasteiger partial charge in [0, 0.05) is 19.9 Å². The summed E-state index contributed by atoms with van der Waals surface area (Å²) < 4.78 is 7.67. The monoisotopic (exact) mass is 268 g/mol. The molecule has 0 aliphatic heterocycles. The van der Waals surface area contributed by atoms with Gasteiger partial charge < -0.3 is 4.74 Å². The third-order valence-electron chi connectivity index (χ3n) is 2.66. The standard InChI is InChI=1S/C13H20N2O4/c1-9(2)8-19-6-5-15-7-11(10(3)16)12(17)14(4)13(15)18/h7,9H,5-6,8H2,1-4H3. The fourth-order valence-electron chi connectivity index (χ4n) is 1.61. The topological polar surface area (TPSA) is 70.3 Å². The molecule has 0 spiro atoms. The van der Waals surface area contributed by atoms with Gasteiger partial charge in [0.1, 0.15) is 0 Å². The van der Waals surface area contributed by atoms with Crippen molar-refractivity contribution in [3.8, 4) is 0 Å². The first-order valence-electron chi connectivity index (χ1n) is 6.23. The Hall–Kier alpha value is -1.69. The van der Waals surface area contributed by atoms with Crippen LogP contribution in [0, 0.1) is 5.92 Å². The van der Waals surface area contributed by atoms with E-state index in [4.69, 9.17) is 4.74 Å². The molecule has 0 N–H and O–H groups in total. The second-order valence-corrected chi connectivity index (χ2v) is 4.91. The zero-order valence-electron chi connectivity index (χ0n) is 11.8. The van der Waals surface area contributed by atoms with Gasteiger partial charge in [0.15, 0.2) is 5.78 Å². The maximum absolute atomic E-state index is 11.9. The Labute approximate surface area is 111 Å². The lowest BCUT2D eigenvalue weighted by atomic mass is 10.2. The SMILES string of the molecule is CC(=O)c1cn(CCOCC(C)C)c(=O)n(C)c1=O. The minimum Gasteiger partial charge on any atom is -0.379 e. The molecule has 1 aromatic rings. The minimum absolute atomic E-state index is 0.0194. The van der Waals surface area contributed by atoms with Crippen molar-refractivity contribution in [1.29, 1.82) is 0 Å². The normalized spacial score (nSPS) is 11.0. The van der Waals surface area contributed by atoms with E-state index in [2.05, 4.69) is 0 Å². The van der Waals surface area contributed by atoms with Crippen molar-refractivity contribution in [2.75, 3.05) is 13.2 Å². The summed E-state index contributed by atoms with van der Waals surface area (Å²) in [6.45, 7) is 6.67. The lowest BCUT2D eigenvalue weighted by molar-refractivity contribution is 0.0994. The van der Waals surface area contributed by atoms with Gasteiger partial charge in [-0.3, -0.25) is 18.7 Å². The van der Waals surface area contributed by atoms with Gasteiger partial charge in [-0.2, -0.15) is 0 Å². The summed E-state index contributed by atoms with van der Waals surface area (Å²) in [7, 11) is 1.36. The quantitative estimate of drug-likeness (QED) is 0.554. The highest BCUT2D eigenvalue weighted by Crippen LogP contribution is 1.94. The van der Waals surface area contributed by atoms with Crippen LogP contribution in [0.1, 0.15) is 31.1 Å². The van der Waals surface area contributed by atoms with Gasteiger partial charge in [0.2, 0.25) is 0 Å². The fourth-order valence-corrected chi connectivity index (χ4v) is 1.61. The molecule has 6 heteroatoms. The number of carbonyl (C=O) groups excluding carboxylic acids is 1. The van der Waals surface area contributed by atoms with E-state index in [0.717, 1.165) is 4.57 Å². The molecule has 0 amide bonds. The average molecular weight is 268 g/mol. The first kappa shape index (κ1) is 15.4. The first-order valence-corrected chi connectivity index (χ1v) is 6.23. The van der Waals surface area contributed by atoms with E-state index in [1.807, 2.05) is 13.8 Å². The van der Waals surface area contributed by atoms with E-state index >= 15 is 0 Å². The Morgan fingerprint density at radius 3 is 2.53 bits per heavy atom. The molecule has 106 valence electrons.